The second-order valence-corrected chi connectivity index (χ2v) is 6.25. The van der Waals surface area contributed by atoms with E-state index < -0.39 is 24.0 Å². The van der Waals surface area contributed by atoms with Gasteiger partial charge in [0.1, 0.15) is 5.01 Å². The lowest BCUT2D eigenvalue weighted by Gasteiger charge is -2.12. The molecule has 2 rings (SSSR count). The Bertz CT molecular complexity index is 770. The van der Waals surface area contributed by atoms with Crippen molar-refractivity contribution in [2.24, 2.45) is 0 Å². The van der Waals surface area contributed by atoms with Gasteiger partial charge in [-0.3, -0.25) is 14.9 Å². The lowest BCUT2D eigenvalue weighted by Crippen LogP contribution is -2.43. The van der Waals surface area contributed by atoms with Crippen molar-refractivity contribution < 1.29 is 19.1 Å². The minimum atomic E-state index is -1.07. The first-order chi connectivity index (χ1) is 11.9. The molecule has 1 aromatic heterocycles. The van der Waals surface area contributed by atoms with E-state index in [2.05, 4.69) is 10.3 Å². The normalized spacial score (nSPS) is 11.5. The summed E-state index contributed by atoms with van der Waals surface area (Å²) in [5.41, 5.74) is 2.71. The van der Waals surface area contributed by atoms with E-state index in [1.165, 1.54) is 25.3 Å². The van der Waals surface area contributed by atoms with Gasteiger partial charge >= 0.3 is 12.0 Å². The lowest BCUT2D eigenvalue weighted by atomic mass is 10.2. The first kappa shape index (κ1) is 18.6. The SMILES string of the molecule is CNC(=O)NC(=O)[C@@H](C)OC(=O)Cc1csc(-c2ccc(C)cc2)n1. The third-order valence-corrected chi connectivity index (χ3v) is 4.26. The number of carbonyl (C=O) groups is 3. The van der Waals surface area contributed by atoms with Gasteiger partial charge in [0, 0.05) is 18.0 Å². The standard InChI is InChI=1S/C17H19N3O4S/c1-10-4-6-12(7-5-10)16-19-13(9-25-16)8-14(21)24-11(2)15(22)20-17(23)18-3/h4-7,9,11H,8H2,1-3H3,(H2,18,20,22,23)/t11-/m1/s1. The molecule has 0 bridgehead atoms. The molecule has 0 aliphatic carbocycles. The minimum absolute atomic E-state index is 0.0417. The molecule has 0 radical (unpaired) electrons. The van der Waals surface area contributed by atoms with Crippen LogP contribution in [0.3, 0.4) is 0 Å². The van der Waals surface area contributed by atoms with Crippen molar-refractivity contribution in [3.8, 4) is 10.6 Å². The van der Waals surface area contributed by atoms with Crippen molar-refractivity contribution in [3.05, 3.63) is 40.9 Å². The van der Waals surface area contributed by atoms with Crippen LogP contribution in [0.2, 0.25) is 0 Å². The summed E-state index contributed by atoms with van der Waals surface area (Å²) in [4.78, 5) is 39.1. The Balaban J connectivity index is 1.91. The van der Waals surface area contributed by atoms with Crippen molar-refractivity contribution in [2.75, 3.05) is 7.05 Å². The number of thiazole rings is 1. The van der Waals surface area contributed by atoms with Gasteiger partial charge in [-0.15, -0.1) is 11.3 Å². The van der Waals surface area contributed by atoms with Crippen LogP contribution in [-0.2, 0) is 20.7 Å². The maximum Gasteiger partial charge on any atom is 0.321 e. The van der Waals surface area contributed by atoms with E-state index in [9.17, 15) is 14.4 Å². The summed E-state index contributed by atoms with van der Waals surface area (Å²) in [6.07, 6.45) is -1.11. The number of nitrogens with zero attached hydrogens (tertiary/aromatic N) is 1. The van der Waals surface area contributed by atoms with Gasteiger partial charge in [-0.05, 0) is 13.8 Å². The molecule has 25 heavy (non-hydrogen) atoms. The molecule has 0 unspecified atom stereocenters. The highest BCUT2D eigenvalue weighted by Crippen LogP contribution is 2.24. The number of urea groups is 1. The van der Waals surface area contributed by atoms with Crippen LogP contribution >= 0.6 is 11.3 Å². The van der Waals surface area contributed by atoms with Crippen LogP contribution in [0.15, 0.2) is 29.6 Å². The number of aryl methyl sites for hydroxylation is 1. The predicted octanol–water partition coefficient (Wildman–Crippen LogP) is 2.05. The molecule has 132 valence electrons. The summed E-state index contributed by atoms with van der Waals surface area (Å²) in [7, 11) is 1.38. The number of benzene rings is 1. The van der Waals surface area contributed by atoms with Crippen molar-refractivity contribution in [1.82, 2.24) is 15.6 Å². The maximum absolute atomic E-state index is 11.9. The molecule has 0 aliphatic heterocycles. The number of ether oxygens (including phenoxy) is 1. The van der Waals surface area contributed by atoms with Crippen LogP contribution in [0.1, 0.15) is 18.2 Å². The van der Waals surface area contributed by atoms with Gasteiger partial charge < -0.3 is 10.1 Å². The fraction of sp³-hybridized carbons (Fsp3) is 0.294. The summed E-state index contributed by atoms with van der Waals surface area (Å²) in [6.45, 7) is 3.41. The lowest BCUT2D eigenvalue weighted by molar-refractivity contribution is -0.153. The van der Waals surface area contributed by atoms with E-state index in [0.717, 1.165) is 16.1 Å². The van der Waals surface area contributed by atoms with E-state index in [1.54, 1.807) is 5.38 Å². The highest BCUT2D eigenvalue weighted by molar-refractivity contribution is 7.13. The predicted molar refractivity (Wildman–Crippen MR) is 94.1 cm³/mol. The fourth-order valence-corrected chi connectivity index (χ4v) is 2.76. The Kier molecular flexibility index (Phi) is 6.24. The van der Waals surface area contributed by atoms with E-state index in [1.807, 2.05) is 36.5 Å². The molecular formula is C17H19N3O4S. The van der Waals surface area contributed by atoms with E-state index in [0.29, 0.717) is 5.69 Å². The van der Waals surface area contributed by atoms with Gasteiger partial charge in [-0.25, -0.2) is 9.78 Å². The quantitative estimate of drug-likeness (QED) is 0.795. The molecule has 8 heteroatoms. The van der Waals surface area contributed by atoms with Crippen LogP contribution in [0.4, 0.5) is 4.79 Å². The number of esters is 1. The van der Waals surface area contributed by atoms with Gasteiger partial charge in [-0.1, -0.05) is 29.8 Å². The zero-order chi connectivity index (χ0) is 18.4. The van der Waals surface area contributed by atoms with Crippen molar-refractivity contribution >= 4 is 29.2 Å². The molecular weight excluding hydrogens is 342 g/mol. The maximum atomic E-state index is 11.9. The van der Waals surface area contributed by atoms with Gasteiger partial charge in [-0.2, -0.15) is 0 Å². The molecule has 2 N–H and O–H groups in total. The van der Waals surface area contributed by atoms with E-state index >= 15 is 0 Å². The van der Waals surface area contributed by atoms with Gasteiger partial charge in [0.2, 0.25) is 0 Å². The average Bonchev–Trinajstić information content (AvgIpc) is 3.03. The second kappa shape index (κ2) is 8.39. The topological polar surface area (TPSA) is 97.4 Å². The summed E-state index contributed by atoms with van der Waals surface area (Å²) in [5, 5.41) is 6.89. The molecule has 0 fully saturated rings. The molecule has 0 saturated carbocycles. The van der Waals surface area contributed by atoms with Crippen LogP contribution in [0.5, 0.6) is 0 Å². The third kappa shape index (κ3) is 5.39. The first-order valence-electron chi connectivity index (χ1n) is 7.62. The van der Waals surface area contributed by atoms with E-state index in [-0.39, 0.29) is 6.42 Å². The molecule has 0 spiro atoms. The fourth-order valence-electron chi connectivity index (χ4n) is 1.93. The first-order valence-corrected chi connectivity index (χ1v) is 8.50. The third-order valence-electron chi connectivity index (χ3n) is 3.32. The summed E-state index contributed by atoms with van der Waals surface area (Å²) in [5.74, 6) is -1.27. The summed E-state index contributed by atoms with van der Waals surface area (Å²) in [6, 6.07) is 7.28. The van der Waals surface area contributed by atoms with Crippen LogP contribution in [0, 0.1) is 6.92 Å². The monoisotopic (exact) mass is 361 g/mol. The van der Waals surface area contributed by atoms with Crippen LogP contribution < -0.4 is 10.6 Å². The molecule has 2 aromatic rings. The molecule has 1 aromatic carbocycles. The smallest absolute Gasteiger partial charge is 0.321 e. The van der Waals surface area contributed by atoms with Crippen molar-refractivity contribution in [3.63, 3.8) is 0 Å². The number of hydrogen-bond acceptors (Lipinski definition) is 6. The molecule has 1 heterocycles. The average molecular weight is 361 g/mol. The number of imide groups is 1. The number of rotatable bonds is 5. The van der Waals surface area contributed by atoms with Crippen molar-refractivity contribution in [1.29, 1.82) is 0 Å². The molecule has 7 nitrogen and oxygen atoms in total. The van der Waals surface area contributed by atoms with Gasteiger partial charge in [0.15, 0.2) is 6.10 Å². The van der Waals surface area contributed by atoms with Crippen molar-refractivity contribution in [2.45, 2.75) is 26.4 Å². The molecule has 0 aliphatic rings. The van der Waals surface area contributed by atoms with E-state index in [4.69, 9.17) is 4.74 Å². The number of amides is 3. The highest BCUT2D eigenvalue weighted by atomic mass is 32.1. The Morgan fingerprint density at radius 2 is 1.92 bits per heavy atom. The Labute approximate surface area is 149 Å². The minimum Gasteiger partial charge on any atom is -0.452 e. The Morgan fingerprint density at radius 1 is 1.24 bits per heavy atom. The highest BCUT2D eigenvalue weighted by Gasteiger charge is 2.20. The molecule has 1 atom stereocenters. The summed E-state index contributed by atoms with van der Waals surface area (Å²) < 4.78 is 5.03. The van der Waals surface area contributed by atoms with Crippen LogP contribution in [-0.4, -0.2) is 36.0 Å². The number of carbonyl (C=O) groups excluding carboxylic acids is 3. The van der Waals surface area contributed by atoms with Crippen LogP contribution in [0.25, 0.3) is 10.6 Å². The zero-order valence-electron chi connectivity index (χ0n) is 14.2. The molecule has 3 amide bonds. The molecule has 0 saturated heterocycles. The zero-order valence-corrected chi connectivity index (χ0v) is 15.0. The largest absolute Gasteiger partial charge is 0.452 e. The summed E-state index contributed by atoms with van der Waals surface area (Å²) >= 11 is 1.44. The van der Waals surface area contributed by atoms with Gasteiger partial charge in [0.25, 0.3) is 5.91 Å². The number of nitrogens with one attached hydrogen (secondary N) is 2. The number of aromatic nitrogens is 1. The second-order valence-electron chi connectivity index (χ2n) is 5.39. The van der Waals surface area contributed by atoms with Gasteiger partial charge in [0.05, 0.1) is 12.1 Å². The number of hydrogen-bond donors (Lipinski definition) is 2. The Morgan fingerprint density at radius 3 is 2.56 bits per heavy atom. The Hall–Kier alpha value is -2.74.